The Bertz CT molecular complexity index is 366. The van der Waals surface area contributed by atoms with Gasteiger partial charge in [0.25, 0.3) is 0 Å². The summed E-state index contributed by atoms with van der Waals surface area (Å²) in [5.74, 6) is -0.422. The Hall–Kier alpha value is -1.14. The molecule has 1 fully saturated rings. The van der Waals surface area contributed by atoms with Crippen molar-refractivity contribution in [2.45, 2.75) is 45.3 Å². The first kappa shape index (κ1) is 17.9. The van der Waals surface area contributed by atoms with E-state index in [0.717, 1.165) is 19.6 Å². The molecule has 0 aliphatic carbocycles. The van der Waals surface area contributed by atoms with Crippen molar-refractivity contribution in [3.05, 3.63) is 0 Å². The zero-order valence-electron chi connectivity index (χ0n) is 13.9. The molecule has 0 aromatic rings. The third kappa shape index (κ3) is 7.43. The number of carbonyl (C=O) groups excluding carboxylic acids is 2. The minimum atomic E-state index is -0.497. The van der Waals surface area contributed by atoms with Gasteiger partial charge in [0, 0.05) is 38.6 Å². The summed E-state index contributed by atoms with van der Waals surface area (Å²) >= 11 is 0. The molecule has 1 atom stereocenters. The summed E-state index contributed by atoms with van der Waals surface area (Å²) in [7, 11) is 4.16. The minimum absolute atomic E-state index is 0.0949. The average molecular weight is 299 g/mol. The first-order chi connectivity index (χ1) is 9.67. The van der Waals surface area contributed by atoms with Crippen LogP contribution < -0.4 is 5.32 Å². The van der Waals surface area contributed by atoms with Gasteiger partial charge in [0.15, 0.2) is 0 Å². The number of nitrogens with one attached hydrogen (secondary N) is 1. The zero-order chi connectivity index (χ0) is 16.0. The summed E-state index contributed by atoms with van der Waals surface area (Å²) in [5, 5.41) is 2.91. The van der Waals surface area contributed by atoms with Crippen molar-refractivity contribution in [1.29, 1.82) is 0 Å². The van der Waals surface area contributed by atoms with Crippen molar-refractivity contribution in [2.24, 2.45) is 0 Å². The van der Waals surface area contributed by atoms with Gasteiger partial charge in [-0.1, -0.05) is 0 Å². The number of ether oxygens (including phenoxy) is 1. The summed E-state index contributed by atoms with van der Waals surface area (Å²) in [6.07, 6.45) is 0.310. The van der Waals surface area contributed by atoms with E-state index in [-0.39, 0.29) is 24.7 Å². The maximum Gasteiger partial charge on any atom is 0.306 e. The minimum Gasteiger partial charge on any atom is -0.460 e. The fraction of sp³-hybridized carbons (Fsp3) is 0.867. The van der Waals surface area contributed by atoms with E-state index < -0.39 is 5.60 Å². The van der Waals surface area contributed by atoms with Gasteiger partial charge in [0.2, 0.25) is 5.91 Å². The Morgan fingerprint density at radius 2 is 1.86 bits per heavy atom. The van der Waals surface area contributed by atoms with Crippen LogP contribution in [0.1, 0.15) is 33.6 Å². The molecule has 1 aliphatic rings. The van der Waals surface area contributed by atoms with Crippen LogP contribution in [-0.2, 0) is 14.3 Å². The maximum absolute atomic E-state index is 11.8. The largest absolute Gasteiger partial charge is 0.460 e. The first-order valence-electron chi connectivity index (χ1n) is 7.54. The van der Waals surface area contributed by atoms with Gasteiger partial charge in [0.1, 0.15) is 5.60 Å². The van der Waals surface area contributed by atoms with Gasteiger partial charge < -0.3 is 15.0 Å². The molecule has 122 valence electrons. The number of hydrogen-bond donors (Lipinski definition) is 1. The lowest BCUT2D eigenvalue weighted by atomic mass is 10.1. The van der Waals surface area contributed by atoms with E-state index in [1.807, 2.05) is 20.8 Å². The molecule has 1 aliphatic heterocycles. The highest BCUT2D eigenvalue weighted by Crippen LogP contribution is 2.09. The average Bonchev–Trinajstić information content (AvgIpc) is 2.35. The molecule has 0 saturated carbocycles. The third-order valence-corrected chi connectivity index (χ3v) is 3.49. The number of nitrogens with zero attached hydrogens (tertiary/aromatic N) is 2. The van der Waals surface area contributed by atoms with E-state index in [1.54, 1.807) is 0 Å². The predicted molar refractivity (Wildman–Crippen MR) is 82.0 cm³/mol. The van der Waals surface area contributed by atoms with Crippen LogP contribution in [0.4, 0.5) is 0 Å². The van der Waals surface area contributed by atoms with Crippen LogP contribution in [0.3, 0.4) is 0 Å². The molecule has 0 bridgehead atoms. The summed E-state index contributed by atoms with van der Waals surface area (Å²) in [4.78, 5) is 27.9. The number of amides is 1. The van der Waals surface area contributed by atoms with Gasteiger partial charge in [-0.15, -0.1) is 0 Å². The van der Waals surface area contributed by atoms with E-state index in [2.05, 4.69) is 29.2 Å². The monoisotopic (exact) mass is 299 g/mol. The highest BCUT2D eigenvalue weighted by molar-refractivity contribution is 5.81. The first-order valence-corrected chi connectivity index (χ1v) is 7.54. The van der Waals surface area contributed by atoms with Gasteiger partial charge in [-0.3, -0.25) is 14.5 Å². The van der Waals surface area contributed by atoms with Crippen LogP contribution in [0.5, 0.6) is 0 Å². The van der Waals surface area contributed by atoms with Crippen molar-refractivity contribution in [2.75, 3.05) is 40.3 Å². The van der Waals surface area contributed by atoms with E-state index in [9.17, 15) is 9.59 Å². The number of likely N-dealkylation sites (N-methyl/N-ethyl adjacent to an activating group) is 2. The molecule has 0 spiro atoms. The SMILES string of the molecule is CN1CCN(C)C(CNC(=O)CCC(=O)OC(C)(C)C)C1. The standard InChI is InChI=1S/C15H29N3O3/c1-15(2,3)21-14(20)7-6-13(19)16-10-12-11-17(4)8-9-18(12)5/h12H,6-11H2,1-5H3,(H,16,19). The van der Waals surface area contributed by atoms with Crippen molar-refractivity contribution in [3.63, 3.8) is 0 Å². The van der Waals surface area contributed by atoms with Crippen LogP contribution in [0.25, 0.3) is 0 Å². The molecule has 1 unspecified atom stereocenters. The maximum atomic E-state index is 11.8. The second-order valence-electron chi connectivity index (χ2n) is 6.79. The van der Waals surface area contributed by atoms with Crippen molar-refractivity contribution >= 4 is 11.9 Å². The van der Waals surface area contributed by atoms with Gasteiger partial charge in [0.05, 0.1) is 6.42 Å². The molecule has 6 heteroatoms. The molecular weight excluding hydrogens is 270 g/mol. The Morgan fingerprint density at radius 3 is 2.48 bits per heavy atom. The van der Waals surface area contributed by atoms with Gasteiger partial charge in [-0.25, -0.2) is 0 Å². The lowest BCUT2D eigenvalue weighted by Gasteiger charge is -2.37. The molecule has 1 amide bonds. The van der Waals surface area contributed by atoms with Gasteiger partial charge >= 0.3 is 5.97 Å². The Balaban J connectivity index is 2.23. The smallest absolute Gasteiger partial charge is 0.306 e. The number of piperazine rings is 1. The van der Waals surface area contributed by atoms with Gasteiger partial charge in [-0.2, -0.15) is 0 Å². The molecule has 1 N–H and O–H groups in total. The highest BCUT2D eigenvalue weighted by Gasteiger charge is 2.22. The molecule has 1 rings (SSSR count). The fourth-order valence-electron chi connectivity index (χ4n) is 2.25. The van der Waals surface area contributed by atoms with Crippen LogP contribution in [-0.4, -0.2) is 73.6 Å². The molecule has 0 radical (unpaired) electrons. The summed E-state index contributed by atoms with van der Waals surface area (Å²) < 4.78 is 5.18. The summed E-state index contributed by atoms with van der Waals surface area (Å²) in [6, 6.07) is 0.328. The lowest BCUT2D eigenvalue weighted by molar-refractivity contribution is -0.155. The highest BCUT2D eigenvalue weighted by atomic mass is 16.6. The Morgan fingerprint density at radius 1 is 1.19 bits per heavy atom. The molecule has 0 aromatic heterocycles. The van der Waals surface area contributed by atoms with Crippen molar-refractivity contribution in [1.82, 2.24) is 15.1 Å². The summed E-state index contributed by atoms with van der Waals surface area (Å²) in [6.45, 7) is 9.09. The van der Waals surface area contributed by atoms with Crippen molar-refractivity contribution in [3.8, 4) is 0 Å². The van der Waals surface area contributed by atoms with Crippen LogP contribution in [0.15, 0.2) is 0 Å². The number of rotatable bonds is 5. The Labute approximate surface area is 127 Å². The topological polar surface area (TPSA) is 61.9 Å². The van der Waals surface area contributed by atoms with E-state index >= 15 is 0 Å². The molecule has 21 heavy (non-hydrogen) atoms. The molecule has 0 aromatic carbocycles. The zero-order valence-corrected chi connectivity index (χ0v) is 13.9. The molecule has 1 heterocycles. The quantitative estimate of drug-likeness (QED) is 0.748. The second-order valence-corrected chi connectivity index (χ2v) is 6.79. The molecular formula is C15H29N3O3. The van der Waals surface area contributed by atoms with Crippen LogP contribution in [0, 0.1) is 0 Å². The van der Waals surface area contributed by atoms with E-state index in [4.69, 9.17) is 4.74 Å². The number of carbonyl (C=O) groups is 2. The van der Waals surface area contributed by atoms with Crippen LogP contribution >= 0.6 is 0 Å². The normalized spacial score (nSPS) is 21.1. The predicted octanol–water partition coefficient (Wildman–Crippen LogP) is 0.470. The van der Waals surface area contributed by atoms with Crippen LogP contribution in [0.2, 0.25) is 0 Å². The van der Waals surface area contributed by atoms with E-state index in [1.165, 1.54) is 0 Å². The number of esters is 1. The summed E-state index contributed by atoms with van der Waals surface area (Å²) in [5.41, 5.74) is -0.497. The third-order valence-electron chi connectivity index (χ3n) is 3.49. The number of hydrogen-bond acceptors (Lipinski definition) is 5. The fourth-order valence-corrected chi connectivity index (χ4v) is 2.25. The lowest BCUT2D eigenvalue weighted by Crippen LogP contribution is -2.54. The Kier molecular flexibility index (Phi) is 6.61. The molecule has 1 saturated heterocycles. The van der Waals surface area contributed by atoms with E-state index in [0.29, 0.717) is 12.6 Å². The molecule has 6 nitrogen and oxygen atoms in total. The van der Waals surface area contributed by atoms with Crippen molar-refractivity contribution < 1.29 is 14.3 Å². The second kappa shape index (κ2) is 7.75. The van der Waals surface area contributed by atoms with Gasteiger partial charge in [-0.05, 0) is 34.9 Å².